The monoisotopic (exact) mass is 594 g/mol. The molecule has 0 bridgehead atoms. The molecule has 3 rings (SSSR count). The standard InChI is InChI=1S/C23H29NO11S3/c1-15-23(2,10-5-3-4-7-21(25)26)22-18-13-16(37(30,31)32)14-20(38(33,34)35)17(18)8-9-19(22)24(15)11-6-12-36(27,28)29/h8-9,13-14H,3-7,10-12H2,1-2H3,(H3-,25,26,27,28,29,30,31,32,33,34,35)/p+3. The predicted molar refractivity (Wildman–Crippen MR) is 140 cm³/mol. The highest BCUT2D eigenvalue weighted by molar-refractivity contribution is 7.87. The van der Waals surface area contributed by atoms with Crippen LogP contribution in [-0.2, 0) is 40.6 Å². The lowest BCUT2D eigenvalue weighted by molar-refractivity contribution is -0.438. The van der Waals surface area contributed by atoms with Crippen molar-refractivity contribution in [2.75, 3.05) is 12.3 Å². The van der Waals surface area contributed by atoms with E-state index < -0.39 is 51.5 Å². The second kappa shape index (κ2) is 10.6. The molecular weight excluding hydrogens is 562 g/mol. The van der Waals surface area contributed by atoms with Crippen LogP contribution >= 0.6 is 0 Å². The molecule has 0 aromatic heterocycles. The van der Waals surface area contributed by atoms with Crippen LogP contribution < -0.4 is 0 Å². The molecule has 0 spiro atoms. The number of carboxylic acids is 1. The van der Waals surface area contributed by atoms with Crippen molar-refractivity contribution < 1.29 is 53.4 Å². The van der Waals surface area contributed by atoms with E-state index in [0.29, 0.717) is 36.9 Å². The number of hydrogen-bond donors (Lipinski definition) is 3. The average Bonchev–Trinajstić information content (AvgIpc) is 2.98. The molecular formula is C23H32NO11S3+3. The maximum Gasteiger partial charge on any atom is 0.409 e. The summed E-state index contributed by atoms with van der Waals surface area (Å²) in [7, 11) is -13.4. The van der Waals surface area contributed by atoms with Crippen molar-refractivity contribution in [3.63, 3.8) is 0 Å². The second-order valence-corrected chi connectivity index (χ2v) is 14.1. The number of fused-ring (bicyclic) bond motifs is 3. The van der Waals surface area contributed by atoms with Crippen LogP contribution in [0.25, 0.3) is 10.8 Å². The lowest BCUT2D eigenvalue weighted by Crippen LogP contribution is -2.31. The molecule has 15 heteroatoms. The molecule has 0 saturated carbocycles. The molecule has 12 nitrogen and oxygen atoms in total. The molecule has 0 saturated heterocycles. The van der Waals surface area contributed by atoms with Gasteiger partial charge in [-0.05, 0) is 43.4 Å². The smallest absolute Gasteiger partial charge is 0.409 e. The van der Waals surface area contributed by atoms with Crippen LogP contribution in [0.15, 0.2) is 34.1 Å². The van der Waals surface area contributed by atoms with Gasteiger partial charge in [-0.1, -0.05) is 12.8 Å². The Kier molecular flexibility index (Phi) is 8.42. The SMILES string of the molecule is CC1=[N+](CCCS(=O)(O)=[OH+])c2ccc3c(S(=O)(=O)[OH2+])cc(S(=O)(=O)O)cc3c2C1(C)CCCCCC(=O)O. The van der Waals surface area contributed by atoms with Crippen molar-refractivity contribution in [2.24, 2.45) is 0 Å². The first-order valence-corrected chi connectivity index (χ1v) is 16.3. The van der Waals surface area contributed by atoms with E-state index in [0.717, 1.165) is 11.8 Å². The van der Waals surface area contributed by atoms with Gasteiger partial charge < -0.3 is 9.66 Å². The zero-order valence-electron chi connectivity index (χ0n) is 20.9. The Balaban J connectivity index is 2.25. The van der Waals surface area contributed by atoms with E-state index in [-0.39, 0.29) is 35.9 Å². The molecule has 1 heterocycles. The molecule has 2 aromatic rings. The highest BCUT2D eigenvalue weighted by Gasteiger charge is 2.47. The quantitative estimate of drug-likeness (QED) is 0.142. The summed E-state index contributed by atoms with van der Waals surface area (Å²) in [6.07, 6.45) is 2.26. The van der Waals surface area contributed by atoms with Gasteiger partial charge in [0.2, 0.25) is 5.69 Å². The molecule has 0 amide bonds. The highest BCUT2D eigenvalue weighted by Crippen LogP contribution is 2.48. The van der Waals surface area contributed by atoms with Crippen molar-refractivity contribution in [1.29, 1.82) is 0 Å². The van der Waals surface area contributed by atoms with E-state index in [1.54, 1.807) is 6.07 Å². The van der Waals surface area contributed by atoms with Crippen LogP contribution in [0, 0.1) is 0 Å². The lowest BCUT2D eigenvalue weighted by atomic mass is 9.74. The molecule has 0 aliphatic carbocycles. The van der Waals surface area contributed by atoms with Gasteiger partial charge in [0.1, 0.15) is 12.3 Å². The zero-order chi connectivity index (χ0) is 28.7. The fourth-order valence-corrected chi connectivity index (χ4v) is 7.00. The largest absolute Gasteiger partial charge is 0.481 e. The maximum atomic E-state index is 12.3. The minimum absolute atomic E-state index is 0.00902. The van der Waals surface area contributed by atoms with Crippen molar-refractivity contribution in [1.82, 2.24) is 0 Å². The molecule has 2 aromatic carbocycles. The number of carbonyl (C=O) groups is 1. The number of benzene rings is 2. The van der Waals surface area contributed by atoms with Crippen molar-refractivity contribution in [2.45, 2.75) is 67.6 Å². The number of nitrogens with zero attached hydrogens (tertiary/aromatic N) is 1. The van der Waals surface area contributed by atoms with Gasteiger partial charge in [-0.3, -0.25) is 9.35 Å². The summed E-state index contributed by atoms with van der Waals surface area (Å²) in [5, 5.41) is 9.24. The van der Waals surface area contributed by atoms with E-state index >= 15 is 0 Å². The normalized spacial score (nSPS) is 19.5. The van der Waals surface area contributed by atoms with Crippen LogP contribution in [0.5, 0.6) is 0 Å². The summed E-state index contributed by atoms with van der Waals surface area (Å²) in [6, 6.07) is 5.00. The third kappa shape index (κ3) is 6.40. The number of aliphatic carboxylic acids is 1. The Labute approximate surface area is 221 Å². The number of rotatable bonds is 12. The lowest BCUT2D eigenvalue weighted by Gasteiger charge is -2.24. The van der Waals surface area contributed by atoms with Gasteiger partial charge in [0.05, 0.1) is 10.3 Å². The predicted octanol–water partition coefficient (Wildman–Crippen LogP) is 2.35. The van der Waals surface area contributed by atoms with Gasteiger partial charge in [-0.2, -0.15) is 17.2 Å². The Morgan fingerprint density at radius 2 is 1.68 bits per heavy atom. The summed E-state index contributed by atoms with van der Waals surface area (Å²) in [5.41, 5.74) is 1.15. The summed E-state index contributed by atoms with van der Waals surface area (Å²) in [4.78, 5) is 9.63. The highest BCUT2D eigenvalue weighted by atomic mass is 32.2. The van der Waals surface area contributed by atoms with E-state index in [2.05, 4.69) is 0 Å². The minimum Gasteiger partial charge on any atom is -0.481 e. The van der Waals surface area contributed by atoms with Crippen LogP contribution in [0.2, 0.25) is 0 Å². The minimum atomic E-state index is -4.83. The zero-order valence-corrected chi connectivity index (χ0v) is 23.3. The van der Waals surface area contributed by atoms with E-state index in [1.165, 1.54) is 12.1 Å². The van der Waals surface area contributed by atoms with Gasteiger partial charge in [0.15, 0.2) is 10.6 Å². The molecule has 2 unspecified atom stereocenters. The summed E-state index contributed by atoms with van der Waals surface area (Å²) >= 11 is 0. The first-order valence-electron chi connectivity index (χ1n) is 11.7. The molecule has 210 valence electrons. The van der Waals surface area contributed by atoms with Gasteiger partial charge in [-0.15, -0.1) is 8.42 Å². The third-order valence-electron chi connectivity index (χ3n) is 7.04. The van der Waals surface area contributed by atoms with E-state index in [4.69, 9.17) is 9.66 Å². The second-order valence-electron chi connectivity index (χ2n) is 9.64. The summed E-state index contributed by atoms with van der Waals surface area (Å²) in [6.45, 7) is 3.93. The first kappa shape index (κ1) is 30.1. The average molecular weight is 595 g/mol. The molecule has 2 atom stereocenters. The van der Waals surface area contributed by atoms with Crippen LogP contribution in [0.4, 0.5) is 5.69 Å². The summed E-state index contributed by atoms with van der Waals surface area (Å²) < 4.78 is 97.9. The fraction of sp³-hybridized carbons (Fsp3) is 0.478. The Morgan fingerprint density at radius 3 is 2.24 bits per heavy atom. The number of unbranched alkanes of at least 4 members (excludes halogenated alkanes) is 2. The van der Waals surface area contributed by atoms with E-state index in [1.807, 2.05) is 18.4 Å². The van der Waals surface area contributed by atoms with Gasteiger partial charge in [0.25, 0.3) is 10.1 Å². The molecule has 38 heavy (non-hydrogen) atoms. The first-order chi connectivity index (χ1) is 17.4. The van der Waals surface area contributed by atoms with Crippen molar-refractivity contribution in [3.8, 4) is 0 Å². The van der Waals surface area contributed by atoms with Crippen LogP contribution in [0.1, 0.15) is 57.9 Å². The molecule has 1 aliphatic rings. The van der Waals surface area contributed by atoms with Crippen LogP contribution in [-0.4, -0.2) is 72.6 Å². The Bertz CT molecular complexity index is 1640. The molecule has 0 radical (unpaired) electrons. The molecule has 6 N–H and O–H groups in total. The topological polar surface area (TPSA) is 210 Å². The Morgan fingerprint density at radius 1 is 1.03 bits per heavy atom. The molecule has 1 aliphatic heterocycles. The third-order valence-corrected chi connectivity index (χ3v) is 9.61. The van der Waals surface area contributed by atoms with Crippen molar-refractivity contribution >= 4 is 58.5 Å². The fourth-order valence-electron chi connectivity index (χ4n) is 5.14. The van der Waals surface area contributed by atoms with Crippen LogP contribution in [0.3, 0.4) is 0 Å². The maximum absolute atomic E-state index is 12.3. The van der Waals surface area contributed by atoms with Gasteiger partial charge in [0, 0.05) is 36.8 Å². The molecule has 0 fully saturated rings. The van der Waals surface area contributed by atoms with E-state index in [9.17, 15) is 39.2 Å². The van der Waals surface area contributed by atoms with Crippen molar-refractivity contribution in [3.05, 3.63) is 29.8 Å². The number of carboxylic acid groups (broad SMARTS) is 1. The van der Waals surface area contributed by atoms with Gasteiger partial charge in [-0.25, -0.2) is 8.76 Å². The summed E-state index contributed by atoms with van der Waals surface area (Å²) in [5.74, 6) is -1.28. The Hall–Kier alpha value is -2.43. The van der Waals surface area contributed by atoms with Gasteiger partial charge >= 0.3 is 26.2 Å². The number of hydrogen-bond acceptors (Lipinski definition) is 6.